The van der Waals surface area contributed by atoms with Gasteiger partial charge >= 0.3 is 0 Å². The molecule has 5 nitrogen and oxygen atoms in total. The molecule has 1 rings (SSSR count). The minimum atomic E-state index is -0.676. The first-order valence-electron chi connectivity index (χ1n) is 6.42. The Morgan fingerprint density at radius 2 is 2.00 bits per heavy atom. The van der Waals surface area contributed by atoms with Gasteiger partial charge in [-0.3, -0.25) is 0 Å². The van der Waals surface area contributed by atoms with Crippen LogP contribution in [0.1, 0.15) is 11.6 Å². The summed E-state index contributed by atoms with van der Waals surface area (Å²) in [6.45, 7) is -0.209. The van der Waals surface area contributed by atoms with Gasteiger partial charge in [-0.25, -0.2) is 0 Å². The van der Waals surface area contributed by atoms with Crippen LogP contribution in [0.2, 0.25) is 0 Å². The highest BCUT2D eigenvalue weighted by molar-refractivity contribution is 7.99. The molecule has 0 bridgehead atoms. The number of ether oxygens (including phenoxy) is 2. The van der Waals surface area contributed by atoms with E-state index in [1.54, 1.807) is 26.0 Å². The molecule has 2 atom stereocenters. The number of benzene rings is 1. The third-order valence-corrected chi connectivity index (χ3v) is 4.16. The summed E-state index contributed by atoms with van der Waals surface area (Å²) in [4.78, 5) is 0. The molecule has 1 aromatic carbocycles. The van der Waals surface area contributed by atoms with Crippen LogP contribution in [0, 0.1) is 0 Å². The molecule has 6 heteroatoms. The van der Waals surface area contributed by atoms with Gasteiger partial charge in [-0.15, -0.1) is 0 Å². The molecule has 0 fully saturated rings. The van der Waals surface area contributed by atoms with Crippen molar-refractivity contribution in [3.05, 3.63) is 23.8 Å². The van der Waals surface area contributed by atoms with Gasteiger partial charge in [0, 0.05) is 23.1 Å². The molecule has 0 aliphatic rings. The van der Waals surface area contributed by atoms with Gasteiger partial charge < -0.3 is 25.0 Å². The van der Waals surface area contributed by atoms with Crippen LogP contribution in [0.4, 0.5) is 0 Å². The molecule has 20 heavy (non-hydrogen) atoms. The third kappa shape index (κ3) is 4.86. The smallest absolute Gasteiger partial charge is 0.123 e. The lowest BCUT2D eigenvalue weighted by Gasteiger charge is -2.20. The highest BCUT2D eigenvalue weighted by Gasteiger charge is 2.16. The molecule has 114 valence electrons. The van der Waals surface area contributed by atoms with E-state index in [2.05, 4.69) is 5.32 Å². The number of nitrogens with one attached hydrogen (secondary N) is 1. The SMILES string of the molecule is CNC(CSCC(O)CO)c1cc(OC)ccc1OC. The quantitative estimate of drug-likeness (QED) is 0.633. The summed E-state index contributed by atoms with van der Waals surface area (Å²) in [6.07, 6.45) is -0.676. The van der Waals surface area contributed by atoms with E-state index >= 15 is 0 Å². The summed E-state index contributed by atoms with van der Waals surface area (Å²) in [6, 6.07) is 5.77. The third-order valence-electron chi connectivity index (χ3n) is 2.97. The Balaban J connectivity index is 2.77. The molecule has 0 aliphatic carbocycles. The van der Waals surface area contributed by atoms with Gasteiger partial charge in [-0.1, -0.05) is 0 Å². The normalized spacial score (nSPS) is 13.8. The van der Waals surface area contributed by atoms with Gasteiger partial charge in [0.1, 0.15) is 11.5 Å². The maximum atomic E-state index is 9.36. The van der Waals surface area contributed by atoms with E-state index in [1.165, 1.54) is 0 Å². The van der Waals surface area contributed by atoms with Crippen molar-refractivity contribution in [2.24, 2.45) is 0 Å². The summed E-state index contributed by atoms with van der Waals surface area (Å²) in [7, 11) is 5.15. The maximum absolute atomic E-state index is 9.36. The fourth-order valence-electron chi connectivity index (χ4n) is 1.81. The number of aliphatic hydroxyl groups excluding tert-OH is 2. The Hall–Kier alpha value is -0.950. The first kappa shape index (κ1) is 17.1. The second-order valence-corrected chi connectivity index (χ2v) is 5.40. The van der Waals surface area contributed by atoms with Crippen molar-refractivity contribution in [2.75, 3.05) is 39.4 Å². The van der Waals surface area contributed by atoms with E-state index in [9.17, 15) is 5.11 Å². The fourth-order valence-corrected chi connectivity index (χ4v) is 2.91. The molecule has 0 radical (unpaired) electrons. The molecule has 0 heterocycles. The van der Waals surface area contributed by atoms with Gasteiger partial charge in [0.15, 0.2) is 0 Å². The van der Waals surface area contributed by atoms with Crippen LogP contribution in [-0.2, 0) is 0 Å². The number of aliphatic hydroxyl groups is 2. The molecule has 1 aromatic rings. The Kier molecular flexibility index (Phi) is 7.76. The highest BCUT2D eigenvalue weighted by atomic mass is 32.2. The van der Waals surface area contributed by atoms with Crippen LogP contribution < -0.4 is 14.8 Å². The molecule has 2 unspecified atom stereocenters. The topological polar surface area (TPSA) is 71.0 Å². The highest BCUT2D eigenvalue weighted by Crippen LogP contribution is 2.31. The Morgan fingerprint density at radius 3 is 2.55 bits per heavy atom. The molecule has 0 aromatic heterocycles. The van der Waals surface area contributed by atoms with Crippen molar-refractivity contribution in [3.8, 4) is 11.5 Å². The fraction of sp³-hybridized carbons (Fsp3) is 0.571. The number of thioether (sulfide) groups is 1. The van der Waals surface area contributed by atoms with Crippen LogP contribution in [0.5, 0.6) is 11.5 Å². The van der Waals surface area contributed by atoms with Crippen LogP contribution in [0.15, 0.2) is 18.2 Å². The molecular weight excluding hydrogens is 278 g/mol. The lowest BCUT2D eigenvalue weighted by molar-refractivity contribution is 0.113. The van der Waals surface area contributed by atoms with Gasteiger partial charge in [0.2, 0.25) is 0 Å². The van der Waals surface area contributed by atoms with Crippen LogP contribution >= 0.6 is 11.8 Å². The Bertz CT molecular complexity index is 403. The number of rotatable bonds is 9. The molecule has 0 saturated carbocycles. The minimum absolute atomic E-state index is 0.0796. The predicted molar refractivity (Wildman–Crippen MR) is 81.8 cm³/mol. The first-order valence-corrected chi connectivity index (χ1v) is 7.57. The van der Waals surface area contributed by atoms with E-state index in [-0.39, 0.29) is 12.6 Å². The lowest BCUT2D eigenvalue weighted by Crippen LogP contribution is -2.22. The Labute approximate surface area is 124 Å². The summed E-state index contributed by atoms with van der Waals surface area (Å²) < 4.78 is 10.6. The average Bonchev–Trinajstić information content (AvgIpc) is 2.50. The zero-order valence-corrected chi connectivity index (χ0v) is 12.9. The number of hydrogen-bond donors (Lipinski definition) is 3. The van der Waals surface area contributed by atoms with Crippen molar-refractivity contribution in [1.82, 2.24) is 5.32 Å². The van der Waals surface area contributed by atoms with Gasteiger partial charge in [-0.05, 0) is 25.2 Å². The van der Waals surface area contributed by atoms with Crippen molar-refractivity contribution in [2.45, 2.75) is 12.1 Å². The summed E-state index contributed by atoms with van der Waals surface area (Å²) in [5.41, 5.74) is 1.01. The molecule has 0 aliphatic heterocycles. The van der Waals surface area contributed by atoms with Crippen molar-refractivity contribution < 1.29 is 19.7 Å². The van der Waals surface area contributed by atoms with E-state index in [1.807, 2.05) is 25.2 Å². The summed E-state index contributed by atoms with van der Waals surface area (Å²) >= 11 is 1.58. The van der Waals surface area contributed by atoms with Gasteiger partial charge in [0.25, 0.3) is 0 Å². The second kappa shape index (κ2) is 9.07. The number of hydrogen-bond acceptors (Lipinski definition) is 6. The lowest BCUT2D eigenvalue weighted by atomic mass is 10.1. The van der Waals surface area contributed by atoms with E-state index < -0.39 is 6.10 Å². The van der Waals surface area contributed by atoms with Crippen molar-refractivity contribution in [3.63, 3.8) is 0 Å². The van der Waals surface area contributed by atoms with Crippen LogP contribution in [0.25, 0.3) is 0 Å². The number of methoxy groups -OCH3 is 2. The van der Waals surface area contributed by atoms with E-state index in [0.29, 0.717) is 5.75 Å². The molecule has 0 amide bonds. The summed E-state index contributed by atoms with van der Waals surface area (Å²) in [5, 5.41) is 21.4. The molecular formula is C14H23NO4S. The minimum Gasteiger partial charge on any atom is -0.497 e. The van der Waals surface area contributed by atoms with Crippen LogP contribution in [0.3, 0.4) is 0 Å². The van der Waals surface area contributed by atoms with Crippen LogP contribution in [-0.4, -0.2) is 55.7 Å². The largest absolute Gasteiger partial charge is 0.497 e. The maximum Gasteiger partial charge on any atom is 0.123 e. The van der Waals surface area contributed by atoms with E-state index in [4.69, 9.17) is 14.6 Å². The molecule has 0 spiro atoms. The van der Waals surface area contributed by atoms with Crippen molar-refractivity contribution >= 4 is 11.8 Å². The molecule has 0 saturated heterocycles. The van der Waals surface area contributed by atoms with E-state index in [0.717, 1.165) is 22.8 Å². The average molecular weight is 301 g/mol. The summed E-state index contributed by atoms with van der Waals surface area (Å²) in [5.74, 6) is 2.84. The van der Waals surface area contributed by atoms with Crippen molar-refractivity contribution in [1.29, 1.82) is 0 Å². The zero-order chi connectivity index (χ0) is 15.0. The standard InChI is InChI=1S/C14H23NO4S/c1-15-13(9-20-8-10(17)7-16)12-6-11(18-2)4-5-14(12)19-3/h4-6,10,13,15-17H,7-9H2,1-3H3. The first-order chi connectivity index (χ1) is 9.65. The Morgan fingerprint density at radius 1 is 1.25 bits per heavy atom. The predicted octanol–water partition coefficient (Wildman–Crippen LogP) is 1.05. The second-order valence-electron chi connectivity index (χ2n) is 4.32. The molecule has 3 N–H and O–H groups in total. The van der Waals surface area contributed by atoms with Gasteiger partial charge in [-0.2, -0.15) is 11.8 Å². The zero-order valence-electron chi connectivity index (χ0n) is 12.1. The monoisotopic (exact) mass is 301 g/mol. The van der Waals surface area contributed by atoms with Gasteiger partial charge in [0.05, 0.1) is 26.9 Å².